The molecule has 2 aromatic carbocycles. The van der Waals surface area contributed by atoms with Crippen LogP contribution < -0.4 is 24.8 Å². The summed E-state index contributed by atoms with van der Waals surface area (Å²) < 4.78 is 30.1. The Kier molecular flexibility index (Phi) is 4.69. The second kappa shape index (κ2) is 7.30. The first-order valence-electron chi connectivity index (χ1n) is 9.95. The number of carbonyl (C=O) groups excluding carboxylic acids is 2. The van der Waals surface area contributed by atoms with Crippen LogP contribution in [-0.4, -0.2) is 42.2 Å². The minimum absolute atomic E-state index is 0.00703. The molecule has 2 aromatic rings. The highest BCUT2D eigenvalue weighted by Crippen LogP contribution is 2.60. The SMILES string of the molecule is O=C(COc1ccc(Cl)c(F)c1)NC12CC(NC(=O)[C@H]3COc4ccccc4O3)(C1)C2. The fourth-order valence-corrected chi connectivity index (χ4v) is 4.71. The maximum Gasteiger partial charge on any atom is 0.265 e. The smallest absolute Gasteiger partial charge is 0.265 e. The molecule has 3 fully saturated rings. The molecular formula is C22H20ClFN2O5. The number of ether oxygens (including phenoxy) is 3. The van der Waals surface area contributed by atoms with Gasteiger partial charge in [-0.05, 0) is 43.5 Å². The first-order valence-corrected chi connectivity index (χ1v) is 10.3. The van der Waals surface area contributed by atoms with Gasteiger partial charge in [0.25, 0.3) is 11.8 Å². The Labute approximate surface area is 182 Å². The number of halogens is 2. The predicted octanol–water partition coefficient (Wildman–Crippen LogP) is 2.61. The molecule has 4 aliphatic rings. The van der Waals surface area contributed by atoms with Crippen molar-refractivity contribution in [2.75, 3.05) is 13.2 Å². The van der Waals surface area contributed by atoms with Crippen LogP contribution >= 0.6 is 11.6 Å². The van der Waals surface area contributed by atoms with Crippen LogP contribution in [0.4, 0.5) is 4.39 Å². The molecule has 0 saturated heterocycles. The normalized spacial score (nSPS) is 27.4. The van der Waals surface area contributed by atoms with Crippen molar-refractivity contribution in [3.05, 3.63) is 53.3 Å². The summed E-state index contributed by atoms with van der Waals surface area (Å²) in [5.74, 6) is 0.290. The standard InChI is InChI=1S/C22H20ClFN2O5/c23-14-6-5-13(7-15(14)24)29-9-19(27)25-21-10-22(11-21,12-21)26-20(28)18-8-30-16-3-1-2-4-17(16)31-18/h1-7,18H,8-12H2,(H,25,27)(H,26,28)/t18-,21?,22?/m1/s1. The van der Waals surface area contributed by atoms with Crippen LogP contribution in [0.15, 0.2) is 42.5 Å². The van der Waals surface area contributed by atoms with Crippen molar-refractivity contribution in [2.24, 2.45) is 0 Å². The van der Waals surface area contributed by atoms with E-state index in [0.717, 1.165) is 6.07 Å². The minimum Gasteiger partial charge on any atom is -0.485 e. The lowest BCUT2D eigenvalue weighted by Crippen LogP contribution is -2.84. The average Bonchev–Trinajstić information content (AvgIpc) is 2.71. The van der Waals surface area contributed by atoms with E-state index in [4.69, 9.17) is 25.8 Å². The number of nitrogens with one attached hydrogen (secondary N) is 2. The Hall–Kier alpha value is -3.00. The Bertz CT molecular complexity index is 1040. The maximum absolute atomic E-state index is 13.4. The van der Waals surface area contributed by atoms with E-state index in [1.165, 1.54) is 12.1 Å². The lowest BCUT2D eigenvalue weighted by Gasteiger charge is -2.70. The van der Waals surface area contributed by atoms with E-state index in [2.05, 4.69) is 10.6 Å². The quantitative estimate of drug-likeness (QED) is 0.712. The topological polar surface area (TPSA) is 85.9 Å². The third-order valence-corrected chi connectivity index (χ3v) is 6.19. The van der Waals surface area contributed by atoms with Gasteiger partial charge in [-0.25, -0.2) is 4.39 Å². The monoisotopic (exact) mass is 446 g/mol. The predicted molar refractivity (Wildman–Crippen MR) is 109 cm³/mol. The number of benzene rings is 2. The summed E-state index contributed by atoms with van der Waals surface area (Å²) in [6.45, 7) is -0.0712. The van der Waals surface area contributed by atoms with Crippen LogP contribution in [0, 0.1) is 5.82 Å². The summed E-state index contributed by atoms with van der Waals surface area (Å²) in [4.78, 5) is 24.8. The first-order chi connectivity index (χ1) is 14.9. The van der Waals surface area contributed by atoms with Gasteiger partial charge in [-0.1, -0.05) is 23.7 Å². The number of hydrogen-bond acceptors (Lipinski definition) is 5. The van der Waals surface area contributed by atoms with E-state index in [0.29, 0.717) is 30.8 Å². The van der Waals surface area contributed by atoms with Gasteiger partial charge in [-0.2, -0.15) is 0 Å². The van der Waals surface area contributed by atoms with Crippen LogP contribution in [0.1, 0.15) is 19.3 Å². The molecule has 0 unspecified atom stereocenters. The van der Waals surface area contributed by atoms with Crippen molar-refractivity contribution in [1.82, 2.24) is 10.6 Å². The molecule has 0 spiro atoms. The van der Waals surface area contributed by atoms with Crippen LogP contribution in [0.5, 0.6) is 17.2 Å². The molecule has 0 aromatic heterocycles. The lowest BCUT2D eigenvalue weighted by molar-refractivity contribution is -0.155. The zero-order valence-electron chi connectivity index (χ0n) is 16.5. The lowest BCUT2D eigenvalue weighted by atomic mass is 9.44. The highest BCUT2D eigenvalue weighted by molar-refractivity contribution is 6.30. The van der Waals surface area contributed by atoms with Crippen LogP contribution in [0.2, 0.25) is 5.02 Å². The molecule has 2 bridgehead atoms. The van der Waals surface area contributed by atoms with Crippen molar-refractivity contribution in [3.63, 3.8) is 0 Å². The minimum atomic E-state index is -0.706. The molecule has 9 heteroatoms. The van der Waals surface area contributed by atoms with Gasteiger partial charge in [0.2, 0.25) is 6.10 Å². The molecule has 1 aliphatic heterocycles. The number of carbonyl (C=O) groups is 2. The van der Waals surface area contributed by atoms with Gasteiger partial charge in [0.1, 0.15) is 18.2 Å². The fourth-order valence-electron chi connectivity index (χ4n) is 4.59. The molecule has 162 valence electrons. The van der Waals surface area contributed by atoms with E-state index in [-0.39, 0.29) is 46.9 Å². The Morgan fingerprint density at radius 2 is 1.81 bits per heavy atom. The van der Waals surface area contributed by atoms with Crippen molar-refractivity contribution in [2.45, 2.75) is 36.4 Å². The Morgan fingerprint density at radius 3 is 2.55 bits per heavy atom. The second-order valence-corrected chi connectivity index (χ2v) is 8.76. The number of fused-ring (bicyclic) bond motifs is 1. The largest absolute Gasteiger partial charge is 0.485 e. The number of para-hydroxylation sites is 2. The van der Waals surface area contributed by atoms with Gasteiger partial charge in [0.05, 0.1) is 5.02 Å². The van der Waals surface area contributed by atoms with Crippen molar-refractivity contribution < 1.29 is 28.2 Å². The third kappa shape index (κ3) is 3.76. The van der Waals surface area contributed by atoms with Crippen LogP contribution in [0.3, 0.4) is 0 Å². The zero-order valence-corrected chi connectivity index (χ0v) is 17.2. The van der Waals surface area contributed by atoms with E-state index < -0.39 is 11.9 Å². The van der Waals surface area contributed by atoms with Crippen LogP contribution in [-0.2, 0) is 9.59 Å². The molecule has 3 aliphatic carbocycles. The summed E-state index contributed by atoms with van der Waals surface area (Å²) >= 11 is 5.63. The molecule has 1 atom stereocenters. The molecule has 0 radical (unpaired) electrons. The van der Waals surface area contributed by atoms with Gasteiger partial charge in [0.15, 0.2) is 18.1 Å². The van der Waals surface area contributed by atoms with Crippen molar-refractivity contribution >= 4 is 23.4 Å². The summed E-state index contributed by atoms with van der Waals surface area (Å²) in [5.41, 5.74) is -0.639. The molecule has 6 rings (SSSR count). The molecule has 31 heavy (non-hydrogen) atoms. The fraction of sp³-hybridized carbons (Fsp3) is 0.364. The summed E-state index contributed by atoms with van der Waals surface area (Å²) in [7, 11) is 0. The molecule has 1 heterocycles. The average molecular weight is 447 g/mol. The van der Waals surface area contributed by atoms with E-state index in [9.17, 15) is 14.0 Å². The third-order valence-electron chi connectivity index (χ3n) is 5.89. The number of rotatable bonds is 6. The van der Waals surface area contributed by atoms with Gasteiger partial charge in [0, 0.05) is 17.1 Å². The Morgan fingerprint density at radius 1 is 1.10 bits per heavy atom. The van der Waals surface area contributed by atoms with Gasteiger partial charge >= 0.3 is 0 Å². The van der Waals surface area contributed by atoms with E-state index in [1.807, 2.05) is 12.1 Å². The number of hydrogen-bond donors (Lipinski definition) is 2. The molecule has 3 saturated carbocycles. The van der Waals surface area contributed by atoms with Gasteiger partial charge in [-0.3, -0.25) is 9.59 Å². The van der Waals surface area contributed by atoms with Crippen molar-refractivity contribution in [1.29, 1.82) is 0 Å². The molecule has 2 amide bonds. The summed E-state index contributed by atoms with van der Waals surface area (Å²) in [6, 6.07) is 11.2. The molecule has 2 N–H and O–H groups in total. The Balaban J connectivity index is 1.08. The first kappa shape index (κ1) is 19.9. The number of amides is 2. The summed E-state index contributed by atoms with van der Waals surface area (Å²) in [6.07, 6.45) is 1.24. The van der Waals surface area contributed by atoms with E-state index in [1.54, 1.807) is 12.1 Å². The van der Waals surface area contributed by atoms with Gasteiger partial charge < -0.3 is 24.8 Å². The zero-order chi connectivity index (χ0) is 21.6. The van der Waals surface area contributed by atoms with Crippen molar-refractivity contribution in [3.8, 4) is 17.2 Å². The van der Waals surface area contributed by atoms with Gasteiger partial charge in [-0.15, -0.1) is 0 Å². The van der Waals surface area contributed by atoms with E-state index >= 15 is 0 Å². The second-order valence-electron chi connectivity index (χ2n) is 8.36. The molecular weight excluding hydrogens is 427 g/mol. The molecule has 7 nitrogen and oxygen atoms in total. The highest BCUT2D eigenvalue weighted by atomic mass is 35.5. The van der Waals surface area contributed by atoms with Crippen LogP contribution in [0.25, 0.3) is 0 Å². The highest BCUT2D eigenvalue weighted by Gasteiger charge is 2.69. The summed E-state index contributed by atoms with van der Waals surface area (Å²) in [5, 5.41) is 5.99. The maximum atomic E-state index is 13.4.